The molecular formula is C14H22N2O. The van der Waals surface area contributed by atoms with E-state index in [1.165, 1.54) is 11.3 Å². The van der Waals surface area contributed by atoms with E-state index in [-0.39, 0.29) is 0 Å². The summed E-state index contributed by atoms with van der Waals surface area (Å²) >= 11 is 0. The van der Waals surface area contributed by atoms with Crippen molar-refractivity contribution in [3.05, 3.63) is 29.8 Å². The minimum absolute atomic E-state index is 0.394. The third-order valence-electron chi connectivity index (χ3n) is 3.26. The van der Waals surface area contributed by atoms with Gasteiger partial charge in [-0.25, -0.2) is 0 Å². The number of hydrogen-bond donors (Lipinski definition) is 2. The lowest BCUT2D eigenvalue weighted by Crippen LogP contribution is -2.43. The van der Waals surface area contributed by atoms with E-state index in [4.69, 9.17) is 0 Å². The Morgan fingerprint density at radius 3 is 2.65 bits per heavy atom. The van der Waals surface area contributed by atoms with Crippen molar-refractivity contribution in [2.45, 2.75) is 32.4 Å². The number of aryl methyl sites for hydroxylation is 1. The first-order valence-corrected chi connectivity index (χ1v) is 6.24. The van der Waals surface area contributed by atoms with Gasteiger partial charge in [0.15, 0.2) is 0 Å². The minimum atomic E-state index is -0.671. The molecule has 2 atom stereocenters. The summed E-state index contributed by atoms with van der Waals surface area (Å²) in [4.78, 5) is 2.25. The van der Waals surface area contributed by atoms with Crippen LogP contribution in [0.3, 0.4) is 0 Å². The van der Waals surface area contributed by atoms with Crippen LogP contribution in [0.2, 0.25) is 0 Å². The van der Waals surface area contributed by atoms with Gasteiger partial charge in [0.2, 0.25) is 0 Å². The summed E-state index contributed by atoms with van der Waals surface area (Å²) in [6.07, 6.45) is 0. The summed E-state index contributed by atoms with van der Waals surface area (Å²) < 4.78 is 0. The summed E-state index contributed by atoms with van der Waals surface area (Å²) in [5.74, 6) is 0. The van der Waals surface area contributed by atoms with E-state index in [9.17, 15) is 5.11 Å². The normalized spacial score (nSPS) is 30.1. The second-order valence-corrected chi connectivity index (χ2v) is 5.49. The summed E-state index contributed by atoms with van der Waals surface area (Å²) in [7, 11) is 0. The third kappa shape index (κ3) is 3.20. The van der Waals surface area contributed by atoms with Gasteiger partial charge in [0.05, 0.1) is 5.60 Å². The van der Waals surface area contributed by atoms with Crippen molar-refractivity contribution in [2.75, 3.05) is 24.5 Å². The van der Waals surface area contributed by atoms with Gasteiger partial charge in [-0.3, -0.25) is 0 Å². The molecule has 1 aromatic carbocycles. The van der Waals surface area contributed by atoms with E-state index < -0.39 is 5.60 Å². The Morgan fingerprint density at radius 2 is 2.00 bits per heavy atom. The summed E-state index contributed by atoms with van der Waals surface area (Å²) in [6.45, 7) is 8.39. The highest BCUT2D eigenvalue weighted by Crippen LogP contribution is 2.20. The second-order valence-electron chi connectivity index (χ2n) is 5.49. The van der Waals surface area contributed by atoms with Crippen LogP contribution in [-0.2, 0) is 0 Å². The van der Waals surface area contributed by atoms with E-state index in [1.807, 2.05) is 6.92 Å². The molecule has 2 rings (SSSR count). The van der Waals surface area contributed by atoms with Gasteiger partial charge in [-0.15, -0.1) is 0 Å². The zero-order valence-electron chi connectivity index (χ0n) is 10.9. The fourth-order valence-corrected chi connectivity index (χ4v) is 2.27. The fourth-order valence-electron chi connectivity index (χ4n) is 2.27. The van der Waals surface area contributed by atoms with Gasteiger partial charge >= 0.3 is 0 Å². The van der Waals surface area contributed by atoms with Gasteiger partial charge < -0.3 is 15.3 Å². The molecule has 1 aliphatic rings. The Hall–Kier alpha value is -1.06. The Morgan fingerprint density at radius 1 is 1.35 bits per heavy atom. The molecule has 2 unspecified atom stereocenters. The van der Waals surface area contributed by atoms with Gasteiger partial charge in [0.1, 0.15) is 0 Å². The van der Waals surface area contributed by atoms with Crippen molar-refractivity contribution in [3.63, 3.8) is 0 Å². The van der Waals surface area contributed by atoms with Crippen molar-refractivity contribution in [2.24, 2.45) is 0 Å². The average molecular weight is 234 g/mol. The monoisotopic (exact) mass is 234 g/mol. The van der Waals surface area contributed by atoms with Crippen LogP contribution in [0.5, 0.6) is 0 Å². The molecule has 0 saturated carbocycles. The molecule has 3 heteroatoms. The Kier molecular flexibility index (Phi) is 3.40. The third-order valence-corrected chi connectivity index (χ3v) is 3.26. The lowest BCUT2D eigenvalue weighted by molar-refractivity contribution is 0.0718. The number of nitrogens with one attached hydrogen (secondary N) is 1. The Labute approximate surface area is 103 Å². The maximum Gasteiger partial charge on any atom is 0.0917 e. The molecule has 0 aliphatic carbocycles. The molecule has 1 fully saturated rings. The van der Waals surface area contributed by atoms with Crippen molar-refractivity contribution >= 4 is 5.69 Å². The van der Waals surface area contributed by atoms with E-state index in [1.54, 1.807) is 0 Å². The maximum absolute atomic E-state index is 10.3. The van der Waals surface area contributed by atoms with Crippen LogP contribution < -0.4 is 10.2 Å². The number of aliphatic hydroxyl groups is 1. The lowest BCUT2D eigenvalue weighted by Gasteiger charge is -2.30. The van der Waals surface area contributed by atoms with Crippen LogP contribution in [0.4, 0.5) is 5.69 Å². The quantitative estimate of drug-likeness (QED) is 0.774. The fraction of sp³-hybridized carbons (Fsp3) is 0.571. The van der Waals surface area contributed by atoms with Crippen molar-refractivity contribution in [3.8, 4) is 0 Å². The number of nitrogens with zero attached hydrogens (tertiary/aromatic N) is 1. The minimum Gasteiger partial charge on any atom is -0.387 e. The molecule has 3 nitrogen and oxygen atoms in total. The van der Waals surface area contributed by atoms with Gasteiger partial charge in [0, 0.05) is 31.4 Å². The van der Waals surface area contributed by atoms with Crippen LogP contribution in [0, 0.1) is 6.92 Å². The topological polar surface area (TPSA) is 35.5 Å². The summed E-state index contributed by atoms with van der Waals surface area (Å²) in [5.41, 5.74) is 1.78. The van der Waals surface area contributed by atoms with E-state index in [2.05, 4.69) is 48.3 Å². The predicted molar refractivity (Wildman–Crippen MR) is 71.5 cm³/mol. The molecule has 0 aromatic heterocycles. The molecular weight excluding hydrogens is 212 g/mol. The SMILES string of the molecule is Cc1ccc(N2CC(C)NCC(C)(O)C2)cc1. The van der Waals surface area contributed by atoms with Crippen molar-refractivity contribution in [1.82, 2.24) is 5.32 Å². The van der Waals surface area contributed by atoms with Crippen LogP contribution in [0.15, 0.2) is 24.3 Å². The average Bonchev–Trinajstić information content (AvgIpc) is 2.39. The first-order valence-electron chi connectivity index (χ1n) is 6.24. The molecule has 0 radical (unpaired) electrons. The Balaban J connectivity index is 2.20. The van der Waals surface area contributed by atoms with Crippen LogP contribution in [0.1, 0.15) is 19.4 Å². The number of anilines is 1. The van der Waals surface area contributed by atoms with E-state index in [0.29, 0.717) is 19.1 Å². The number of benzene rings is 1. The molecule has 1 saturated heterocycles. The van der Waals surface area contributed by atoms with Crippen LogP contribution in [0.25, 0.3) is 0 Å². The molecule has 1 heterocycles. The molecule has 0 bridgehead atoms. The number of hydrogen-bond acceptors (Lipinski definition) is 3. The lowest BCUT2D eigenvalue weighted by atomic mass is 10.1. The second kappa shape index (κ2) is 4.67. The Bertz CT molecular complexity index is 372. The standard InChI is InChI=1S/C14H22N2O/c1-11-4-6-13(7-5-11)16-8-12(2)15-9-14(3,17)10-16/h4-7,12,15,17H,8-10H2,1-3H3. The number of β-amino-alcohol motifs (C(OH)–C–C–N with tert-alkyl or cyclic N) is 1. The summed E-state index contributed by atoms with van der Waals surface area (Å²) in [5, 5.41) is 13.6. The predicted octanol–water partition coefficient (Wildman–Crippen LogP) is 1.54. The highest BCUT2D eigenvalue weighted by Gasteiger charge is 2.28. The maximum atomic E-state index is 10.3. The molecule has 1 aromatic rings. The largest absolute Gasteiger partial charge is 0.387 e. The molecule has 1 aliphatic heterocycles. The van der Waals surface area contributed by atoms with Crippen molar-refractivity contribution < 1.29 is 5.11 Å². The number of rotatable bonds is 1. The van der Waals surface area contributed by atoms with Gasteiger partial charge in [-0.05, 0) is 32.9 Å². The van der Waals surface area contributed by atoms with Crippen molar-refractivity contribution in [1.29, 1.82) is 0 Å². The first kappa shape index (κ1) is 12.4. The highest BCUT2D eigenvalue weighted by atomic mass is 16.3. The molecule has 0 amide bonds. The van der Waals surface area contributed by atoms with Crippen LogP contribution in [-0.4, -0.2) is 36.4 Å². The molecule has 0 spiro atoms. The molecule has 2 N–H and O–H groups in total. The molecule has 17 heavy (non-hydrogen) atoms. The smallest absolute Gasteiger partial charge is 0.0917 e. The van der Waals surface area contributed by atoms with Gasteiger partial charge in [-0.2, -0.15) is 0 Å². The van der Waals surface area contributed by atoms with Crippen LogP contribution >= 0.6 is 0 Å². The van der Waals surface area contributed by atoms with E-state index >= 15 is 0 Å². The summed E-state index contributed by atoms with van der Waals surface area (Å²) in [6, 6.07) is 8.89. The highest BCUT2D eigenvalue weighted by molar-refractivity contribution is 5.48. The zero-order valence-corrected chi connectivity index (χ0v) is 10.9. The zero-order chi connectivity index (χ0) is 12.5. The van der Waals surface area contributed by atoms with Gasteiger partial charge in [0.25, 0.3) is 0 Å². The van der Waals surface area contributed by atoms with Gasteiger partial charge in [-0.1, -0.05) is 17.7 Å². The molecule has 94 valence electrons. The van der Waals surface area contributed by atoms with E-state index in [0.717, 1.165) is 6.54 Å². The first-order chi connectivity index (χ1) is 7.96.